The Kier molecular flexibility index (Phi) is 4.68. The van der Waals surface area contributed by atoms with Gasteiger partial charge in [-0.05, 0) is 37.4 Å². The molecule has 5 nitrogen and oxygen atoms in total. The molecule has 3 rings (SSSR count). The molecule has 2 heterocycles. The molecule has 0 saturated carbocycles. The lowest BCUT2D eigenvalue weighted by atomic mass is 9.81. The van der Waals surface area contributed by atoms with Crippen LogP contribution in [0.5, 0.6) is 0 Å². The summed E-state index contributed by atoms with van der Waals surface area (Å²) in [5, 5.41) is 13.9. The molecule has 6 heteroatoms. The molecule has 1 fully saturated rings. The molecular weight excluding hydrogens is 312 g/mol. The van der Waals surface area contributed by atoms with Gasteiger partial charge in [-0.15, -0.1) is 0 Å². The maximum atomic E-state index is 12.6. The number of rotatable bonds is 4. The largest absolute Gasteiger partial charge is 0.351 e. The lowest BCUT2D eigenvalue weighted by Gasteiger charge is -2.34. The minimum Gasteiger partial charge on any atom is -0.351 e. The maximum absolute atomic E-state index is 12.6. The van der Waals surface area contributed by atoms with E-state index in [1.807, 2.05) is 18.2 Å². The highest BCUT2D eigenvalue weighted by atomic mass is 35.5. The van der Waals surface area contributed by atoms with Gasteiger partial charge >= 0.3 is 0 Å². The van der Waals surface area contributed by atoms with Gasteiger partial charge in [0.25, 0.3) is 5.91 Å². The third-order valence-electron chi connectivity index (χ3n) is 4.51. The number of nitrogens with zero attached hydrogens (tertiary/aromatic N) is 1. The van der Waals surface area contributed by atoms with Crippen molar-refractivity contribution in [1.29, 1.82) is 0 Å². The van der Waals surface area contributed by atoms with Gasteiger partial charge in [0.2, 0.25) is 0 Å². The van der Waals surface area contributed by atoms with Gasteiger partial charge in [0.15, 0.2) is 0 Å². The van der Waals surface area contributed by atoms with E-state index >= 15 is 0 Å². The van der Waals surface area contributed by atoms with Crippen LogP contribution in [0.3, 0.4) is 0 Å². The third-order valence-corrected chi connectivity index (χ3v) is 4.84. The van der Waals surface area contributed by atoms with Crippen molar-refractivity contribution in [1.82, 2.24) is 20.8 Å². The lowest BCUT2D eigenvalue weighted by molar-refractivity contribution is 0.0923. The predicted octanol–water partition coefficient (Wildman–Crippen LogP) is 2.85. The Bertz CT molecular complexity index is 691. The first-order chi connectivity index (χ1) is 11.1. The Morgan fingerprint density at radius 3 is 2.83 bits per heavy atom. The van der Waals surface area contributed by atoms with E-state index in [9.17, 15) is 4.79 Å². The highest BCUT2D eigenvalue weighted by Gasteiger charge is 2.28. The molecule has 1 amide bonds. The fourth-order valence-corrected chi connectivity index (χ4v) is 3.15. The van der Waals surface area contributed by atoms with Crippen LogP contribution in [0.15, 0.2) is 30.5 Å². The number of amides is 1. The molecule has 1 aliphatic heterocycles. The summed E-state index contributed by atoms with van der Waals surface area (Å²) in [7, 11) is 0. The Morgan fingerprint density at radius 1 is 1.35 bits per heavy atom. The molecule has 2 aromatic rings. The number of hydrogen-bond donors (Lipinski definition) is 3. The first-order valence-corrected chi connectivity index (χ1v) is 8.24. The minimum absolute atomic E-state index is 0.117. The van der Waals surface area contributed by atoms with Crippen LogP contribution in [0.2, 0.25) is 5.02 Å². The van der Waals surface area contributed by atoms with Gasteiger partial charge in [0.1, 0.15) is 0 Å². The zero-order valence-electron chi connectivity index (χ0n) is 13.2. The number of aromatic amines is 1. The fourth-order valence-electron chi connectivity index (χ4n) is 2.92. The Balaban J connectivity index is 1.74. The minimum atomic E-state index is -0.117. The van der Waals surface area contributed by atoms with Crippen LogP contribution in [0.1, 0.15) is 30.1 Å². The van der Waals surface area contributed by atoms with E-state index in [-0.39, 0.29) is 11.3 Å². The summed E-state index contributed by atoms with van der Waals surface area (Å²) in [6, 6.07) is 7.43. The van der Waals surface area contributed by atoms with Crippen molar-refractivity contribution in [2.45, 2.75) is 19.8 Å². The van der Waals surface area contributed by atoms with E-state index in [2.05, 4.69) is 27.8 Å². The van der Waals surface area contributed by atoms with Gasteiger partial charge in [-0.2, -0.15) is 5.10 Å². The van der Waals surface area contributed by atoms with Gasteiger partial charge in [0, 0.05) is 17.1 Å². The smallest absolute Gasteiger partial charge is 0.255 e. The topological polar surface area (TPSA) is 69.8 Å². The summed E-state index contributed by atoms with van der Waals surface area (Å²) in [5.74, 6) is -0.117. The van der Waals surface area contributed by atoms with Crippen molar-refractivity contribution in [3.05, 3.63) is 41.0 Å². The van der Waals surface area contributed by atoms with Crippen molar-refractivity contribution >= 4 is 17.5 Å². The van der Waals surface area contributed by atoms with Crippen molar-refractivity contribution in [2.75, 3.05) is 19.6 Å². The van der Waals surface area contributed by atoms with E-state index < -0.39 is 0 Å². The van der Waals surface area contributed by atoms with E-state index in [4.69, 9.17) is 11.6 Å². The summed E-state index contributed by atoms with van der Waals surface area (Å²) in [4.78, 5) is 12.6. The summed E-state index contributed by atoms with van der Waals surface area (Å²) >= 11 is 6.23. The van der Waals surface area contributed by atoms with Crippen LogP contribution in [-0.2, 0) is 0 Å². The average molecular weight is 333 g/mol. The van der Waals surface area contributed by atoms with Crippen LogP contribution in [-0.4, -0.2) is 35.7 Å². The molecule has 0 bridgehead atoms. The molecule has 3 N–H and O–H groups in total. The van der Waals surface area contributed by atoms with E-state index in [1.165, 1.54) is 0 Å². The maximum Gasteiger partial charge on any atom is 0.255 e. The molecule has 1 aromatic carbocycles. The average Bonchev–Trinajstić information content (AvgIpc) is 3.03. The predicted molar refractivity (Wildman–Crippen MR) is 91.6 cm³/mol. The first-order valence-electron chi connectivity index (χ1n) is 7.86. The van der Waals surface area contributed by atoms with Gasteiger partial charge < -0.3 is 10.6 Å². The SMILES string of the molecule is CC1(CNC(=O)c2cn[nH]c2-c2ccccc2Cl)CCNCC1. The number of carbonyl (C=O) groups excluding carboxylic acids is 1. The monoisotopic (exact) mass is 332 g/mol. The van der Waals surface area contributed by atoms with Crippen LogP contribution < -0.4 is 10.6 Å². The number of hydrogen-bond acceptors (Lipinski definition) is 3. The quantitative estimate of drug-likeness (QED) is 0.806. The van der Waals surface area contributed by atoms with Crippen LogP contribution >= 0.6 is 11.6 Å². The Labute approximate surface area is 140 Å². The molecule has 122 valence electrons. The molecule has 1 aliphatic rings. The number of aromatic nitrogens is 2. The number of halogens is 1. The standard InChI is InChI=1S/C17H21ClN4O/c1-17(6-8-19-9-7-17)11-20-16(23)13-10-21-22-15(13)12-4-2-3-5-14(12)18/h2-5,10,19H,6-9,11H2,1H3,(H,20,23)(H,21,22). The van der Waals surface area contributed by atoms with Crippen molar-refractivity contribution in [2.24, 2.45) is 5.41 Å². The molecule has 0 unspecified atom stereocenters. The molecule has 23 heavy (non-hydrogen) atoms. The highest BCUT2D eigenvalue weighted by Crippen LogP contribution is 2.29. The molecule has 1 aromatic heterocycles. The van der Waals surface area contributed by atoms with Crippen LogP contribution in [0.25, 0.3) is 11.3 Å². The number of piperidine rings is 1. The van der Waals surface area contributed by atoms with Crippen molar-refractivity contribution in [3.8, 4) is 11.3 Å². The Hall–Kier alpha value is -1.85. The molecule has 0 aliphatic carbocycles. The summed E-state index contributed by atoms with van der Waals surface area (Å²) < 4.78 is 0. The molecular formula is C17H21ClN4O. The normalized spacial score (nSPS) is 17.0. The van der Waals surface area contributed by atoms with E-state index in [0.717, 1.165) is 31.5 Å². The number of H-pyrrole nitrogens is 1. The number of carbonyl (C=O) groups is 1. The molecule has 0 spiro atoms. The fraction of sp³-hybridized carbons (Fsp3) is 0.412. The third kappa shape index (κ3) is 3.57. The molecule has 1 saturated heterocycles. The number of nitrogens with one attached hydrogen (secondary N) is 3. The van der Waals surface area contributed by atoms with Crippen LogP contribution in [0.4, 0.5) is 0 Å². The van der Waals surface area contributed by atoms with Gasteiger partial charge in [0.05, 0.1) is 17.5 Å². The van der Waals surface area contributed by atoms with Gasteiger partial charge in [-0.25, -0.2) is 0 Å². The first kappa shape index (κ1) is 16.0. The summed E-state index contributed by atoms with van der Waals surface area (Å²) in [6.45, 7) is 4.89. The lowest BCUT2D eigenvalue weighted by Crippen LogP contribution is -2.42. The Morgan fingerprint density at radius 2 is 2.09 bits per heavy atom. The van der Waals surface area contributed by atoms with Gasteiger partial charge in [-0.3, -0.25) is 9.89 Å². The molecule has 0 atom stereocenters. The van der Waals surface area contributed by atoms with Gasteiger partial charge in [-0.1, -0.05) is 36.7 Å². The highest BCUT2D eigenvalue weighted by molar-refractivity contribution is 6.33. The second kappa shape index (κ2) is 6.72. The van der Waals surface area contributed by atoms with Crippen molar-refractivity contribution < 1.29 is 4.79 Å². The van der Waals surface area contributed by atoms with Crippen LogP contribution in [0, 0.1) is 5.41 Å². The van der Waals surface area contributed by atoms with Crippen molar-refractivity contribution in [3.63, 3.8) is 0 Å². The number of benzene rings is 1. The zero-order valence-corrected chi connectivity index (χ0v) is 13.9. The second-order valence-corrected chi connectivity index (χ2v) is 6.79. The summed E-state index contributed by atoms with van der Waals surface area (Å²) in [6.07, 6.45) is 3.69. The zero-order chi connectivity index (χ0) is 16.3. The summed E-state index contributed by atoms with van der Waals surface area (Å²) in [5.41, 5.74) is 2.11. The molecule has 0 radical (unpaired) electrons. The van der Waals surface area contributed by atoms with E-state index in [0.29, 0.717) is 22.8 Å². The second-order valence-electron chi connectivity index (χ2n) is 6.38. The van der Waals surface area contributed by atoms with E-state index in [1.54, 1.807) is 12.3 Å².